The number of piperidine rings is 1. The molecule has 2 aromatic rings. The smallest absolute Gasteiger partial charge is 0.161 e. The van der Waals surface area contributed by atoms with Crippen LogP contribution in [0.4, 0.5) is 0 Å². The molecule has 35 heavy (non-hydrogen) atoms. The lowest BCUT2D eigenvalue weighted by molar-refractivity contribution is 0.0730. The number of para-hydroxylation sites is 2. The summed E-state index contributed by atoms with van der Waals surface area (Å²) >= 11 is 0. The van der Waals surface area contributed by atoms with Crippen molar-refractivity contribution in [1.29, 1.82) is 0 Å². The minimum Gasteiger partial charge on any atom is -0.493 e. The lowest BCUT2D eigenvalue weighted by Gasteiger charge is -2.30. The Bertz CT molecular complexity index is 885. The molecular formula is C28H42N2O5. The SMILES string of the molecule is CCOc1ccccc1OC[C@@H](O)CN(C)Cc1ccc(OCCN2CCC(C)CC2)c(OC)c1. The second-order valence-corrected chi connectivity index (χ2v) is 9.40. The van der Waals surface area contributed by atoms with E-state index in [9.17, 15) is 5.11 Å². The van der Waals surface area contributed by atoms with Crippen molar-refractivity contribution in [3.8, 4) is 23.0 Å². The normalized spacial score (nSPS) is 15.7. The van der Waals surface area contributed by atoms with Crippen molar-refractivity contribution in [1.82, 2.24) is 9.80 Å². The molecule has 7 nitrogen and oxygen atoms in total. The molecule has 7 heteroatoms. The van der Waals surface area contributed by atoms with E-state index < -0.39 is 6.10 Å². The largest absolute Gasteiger partial charge is 0.493 e. The lowest BCUT2D eigenvalue weighted by atomic mass is 9.99. The van der Waals surface area contributed by atoms with Gasteiger partial charge in [0.15, 0.2) is 23.0 Å². The summed E-state index contributed by atoms with van der Waals surface area (Å²) in [7, 11) is 3.65. The van der Waals surface area contributed by atoms with Gasteiger partial charge in [-0.15, -0.1) is 0 Å². The Balaban J connectivity index is 1.44. The fourth-order valence-corrected chi connectivity index (χ4v) is 4.32. The number of likely N-dealkylation sites (N-methyl/N-ethyl adjacent to an activating group) is 1. The third-order valence-corrected chi connectivity index (χ3v) is 6.32. The molecule has 0 amide bonds. The van der Waals surface area contributed by atoms with Gasteiger partial charge in [-0.2, -0.15) is 0 Å². The van der Waals surface area contributed by atoms with E-state index in [1.165, 1.54) is 12.8 Å². The van der Waals surface area contributed by atoms with Crippen molar-refractivity contribution >= 4 is 0 Å². The van der Waals surface area contributed by atoms with Crippen LogP contribution in [-0.2, 0) is 6.54 Å². The van der Waals surface area contributed by atoms with Crippen molar-refractivity contribution in [3.63, 3.8) is 0 Å². The first kappa shape index (κ1) is 27.1. The van der Waals surface area contributed by atoms with Crippen LogP contribution in [0.1, 0.15) is 32.3 Å². The molecule has 3 rings (SSSR count). The predicted molar refractivity (Wildman–Crippen MR) is 139 cm³/mol. The first-order valence-corrected chi connectivity index (χ1v) is 12.7. The highest BCUT2D eigenvalue weighted by atomic mass is 16.5. The van der Waals surface area contributed by atoms with Crippen LogP contribution in [0.25, 0.3) is 0 Å². The molecule has 1 N–H and O–H groups in total. The Hall–Kier alpha value is -2.48. The fourth-order valence-electron chi connectivity index (χ4n) is 4.32. The lowest BCUT2D eigenvalue weighted by Crippen LogP contribution is -2.35. The second kappa shape index (κ2) is 14.2. The minimum atomic E-state index is -0.628. The van der Waals surface area contributed by atoms with E-state index in [4.69, 9.17) is 18.9 Å². The van der Waals surface area contributed by atoms with Crippen molar-refractivity contribution in [2.75, 3.05) is 60.2 Å². The van der Waals surface area contributed by atoms with Crippen LogP contribution in [0.15, 0.2) is 42.5 Å². The van der Waals surface area contributed by atoms with Gasteiger partial charge in [-0.05, 0) is 75.6 Å². The molecule has 0 bridgehead atoms. The molecule has 0 saturated carbocycles. The molecule has 0 unspecified atom stereocenters. The van der Waals surface area contributed by atoms with Gasteiger partial charge in [0.1, 0.15) is 19.3 Å². The van der Waals surface area contributed by atoms with E-state index in [1.54, 1.807) is 7.11 Å². The molecule has 1 heterocycles. The standard InChI is InChI=1S/C28H42N2O5/c1-5-33-25-8-6-7-9-26(25)35-21-24(31)20-29(3)19-23-10-11-27(28(18-23)32-4)34-17-16-30-14-12-22(2)13-15-30/h6-11,18,22,24,31H,5,12-17,19-21H2,1-4H3/t24-/m0/s1. The number of likely N-dealkylation sites (tertiary alicyclic amines) is 1. The average molecular weight is 487 g/mol. The van der Waals surface area contributed by atoms with Gasteiger partial charge in [0, 0.05) is 19.6 Å². The summed E-state index contributed by atoms with van der Waals surface area (Å²) in [5.41, 5.74) is 1.09. The zero-order valence-corrected chi connectivity index (χ0v) is 21.7. The van der Waals surface area contributed by atoms with Crippen LogP contribution < -0.4 is 18.9 Å². The van der Waals surface area contributed by atoms with Gasteiger partial charge in [0.2, 0.25) is 0 Å². The Kier molecular flexibility index (Phi) is 11.0. The summed E-state index contributed by atoms with van der Waals surface area (Å²) < 4.78 is 23.0. The summed E-state index contributed by atoms with van der Waals surface area (Å²) in [6.45, 7) is 10.1. The first-order chi connectivity index (χ1) is 17.0. The second-order valence-electron chi connectivity index (χ2n) is 9.40. The monoisotopic (exact) mass is 486 g/mol. The van der Waals surface area contributed by atoms with Crippen LogP contribution in [-0.4, -0.2) is 81.2 Å². The molecule has 0 aliphatic carbocycles. The molecule has 1 saturated heterocycles. The third-order valence-electron chi connectivity index (χ3n) is 6.32. The van der Waals surface area contributed by atoms with Gasteiger partial charge in [-0.3, -0.25) is 9.80 Å². The zero-order chi connectivity index (χ0) is 25.0. The molecule has 0 aromatic heterocycles. The summed E-state index contributed by atoms with van der Waals surface area (Å²) in [6, 6.07) is 13.6. The Labute approximate surface area is 210 Å². The van der Waals surface area contributed by atoms with Gasteiger partial charge in [-0.25, -0.2) is 0 Å². The van der Waals surface area contributed by atoms with E-state index >= 15 is 0 Å². The maximum Gasteiger partial charge on any atom is 0.161 e. The maximum atomic E-state index is 10.5. The van der Waals surface area contributed by atoms with Gasteiger partial charge in [-0.1, -0.05) is 25.1 Å². The number of hydrogen-bond donors (Lipinski definition) is 1. The molecule has 1 atom stereocenters. The van der Waals surface area contributed by atoms with Crippen molar-refractivity contribution in [2.24, 2.45) is 5.92 Å². The fraction of sp³-hybridized carbons (Fsp3) is 0.571. The Morgan fingerprint density at radius 3 is 2.37 bits per heavy atom. The highest BCUT2D eigenvalue weighted by Gasteiger charge is 2.16. The molecule has 1 fully saturated rings. The van der Waals surface area contributed by atoms with Crippen LogP contribution >= 0.6 is 0 Å². The highest BCUT2D eigenvalue weighted by molar-refractivity contribution is 5.43. The van der Waals surface area contributed by atoms with Gasteiger partial charge < -0.3 is 24.1 Å². The average Bonchev–Trinajstić information content (AvgIpc) is 2.85. The first-order valence-electron chi connectivity index (χ1n) is 12.7. The Morgan fingerprint density at radius 2 is 1.69 bits per heavy atom. The van der Waals surface area contributed by atoms with Crippen LogP contribution in [0.5, 0.6) is 23.0 Å². The third kappa shape index (κ3) is 8.91. The van der Waals surface area contributed by atoms with Gasteiger partial charge in [0.05, 0.1) is 13.7 Å². The topological polar surface area (TPSA) is 63.6 Å². The van der Waals surface area contributed by atoms with Crippen LogP contribution in [0.2, 0.25) is 0 Å². The summed E-state index contributed by atoms with van der Waals surface area (Å²) in [4.78, 5) is 4.54. The molecule has 1 aliphatic heterocycles. The summed E-state index contributed by atoms with van der Waals surface area (Å²) in [5, 5.41) is 10.5. The number of benzene rings is 2. The predicted octanol–water partition coefficient (Wildman–Crippen LogP) is 4.08. The molecular weight excluding hydrogens is 444 g/mol. The number of ether oxygens (including phenoxy) is 4. The number of nitrogens with zero attached hydrogens (tertiary/aromatic N) is 2. The van der Waals surface area contributed by atoms with E-state index in [0.717, 1.165) is 42.6 Å². The van der Waals surface area contributed by atoms with Crippen molar-refractivity contribution in [2.45, 2.75) is 39.3 Å². The maximum absolute atomic E-state index is 10.5. The molecule has 194 valence electrons. The van der Waals surface area contributed by atoms with E-state index in [-0.39, 0.29) is 6.61 Å². The molecule has 0 spiro atoms. The summed E-state index contributed by atoms with van der Waals surface area (Å²) in [5.74, 6) is 3.68. The van der Waals surface area contributed by atoms with E-state index in [1.807, 2.05) is 50.4 Å². The number of aliphatic hydroxyl groups excluding tert-OH is 1. The number of methoxy groups -OCH3 is 1. The highest BCUT2D eigenvalue weighted by Crippen LogP contribution is 2.29. The number of aliphatic hydroxyl groups is 1. The van der Waals surface area contributed by atoms with Crippen LogP contribution in [0, 0.1) is 5.92 Å². The van der Waals surface area contributed by atoms with Gasteiger partial charge in [0.25, 0.3) is 0 Å². The minimum absolute atomic E-state index is 0.195. The van der Waals surface area contributed by atoms with E-state index in [0.29, 0.717) is 37.8 Å². The molecule has 1 aliphatic rings. The molecule has 0 radical (unpaired) electrons. The van der Waals surface area contributed by atoms with Crippen molar-refractivity contribution < 1.29 is 24.1 Å². The van der Waals surface area contributed by atoms with E-state index in [2.05, 4.69) is 22.8 Å². The number of hydrogen-bond acceptors (Lipinski definition) is 7. The van der Waals surface area contributed by atoms with Crippen molar-refractivity contribution in [3.05, 3.63) is 48.0 Å². The number of rotatable bonds is 14. The quantitative estimate of drug-likeness (QED) is 0.432. The zero-order valence-electron chi connectivity index (χ0n) is 21.7. The molecule has 2 aromatic carbocycles. The Morgan fingerprint density at radius 1 is 1.00 bits per heavy atom. The van der Waals surface area contributed by atoms with Gasteiger partial charge >= 0.3 is 0 Å². The van der Waals surface area contributed by atoms with Crippen LogP contribution in [0.3, 0.4) is 0 Å². The summed E-state index contributed by atoms with van der Waals surface area (Å²) in [6.07, 6.45) is 1.91.